The van der Waals surface area contributed by atoms with Gasteiger partial charge in [-0.15, -0.1) is 0 Å². The van der Waals surface area contributed by atoms with Gasteiger partial charge < -0.3 is 0 Å². The molecule has 0 atom stereocenters. The highest BCUT2D eigenvalue weighted by molar-refractivity contribution is 9.10. The highest BCUT2D eigenvalue weighted by atomic mass is 79.9. The van der Waals surface area contributed by atoms with Crippen LogP contribution in [-0.2, 0) is 0 Å². The Morgan fingerprint density at radius 1 is 1.27 bits per heavy atom. The highest BCUT2D eigenvalue weighted by Gasteiger charge is 2.12. The Labute approximate surface area is 97.3 Å². The third-order valence-corrected chi connectivity index (χ3v) is 3.53. The summed E-state index contributed by atoms with van der Waals surface area (Å²) >= 11 is 3.51. The molecule has 4 heteroatoms. The number of nitrogens with zero attached hydrogens (tertiary/aromatic N) is 3. The van der Waals surface area contributed by atoms with Gasteiger partial charge in [0.25, 0.3) is 0 Å². The van der Waals surface area contributed by atoms with Crippen LogP contribution in [0.4, 0.5) is 0 Å². The SMILES string of the molecule is Cc1cccnc1-n1nc(C)c(Br)c1C. The van der Waals surface area contributed by atoms with E-state index in [1.165, 1.54) is 0 Å². The third kappa shape index (κ3) is 1.69. The van der Waals surface area contributed by atoms with Crippen LogP contribution in [0.1, 0.15) is 17.0 Å². The second-order valence-electron chi connectivity index (χ2n) is 3.54. The zero-order chi connectivity index (χ0) is 11.0. The first kappa shape index (κ1) is 10.4. The molecular formula is C11H12BrN3. The second-order valence-corrected chi connectivity index (χ2v) is 4.33. The molecule has 0 aliphatic heterocycles. The maximum Gasteiger partial charge on any atom is 0.156 e. The molecule has 2 heterocycles. The predicted molar refractivity (Wildman–Crippen MR) is 63.3 cm³/mol. The summed E-state index contributed by atoms with van der Waals surface area (Å²) in [5.41, 5.74) is 3.18. The Balaban J connectivity index is 2.65. The number of aromatic nitrogens is 3. The van der Waals surface area contributed by atoms with Gasteiger partial charge in [0.2, 0.25) is 0 Å². The van der Waals surface area contributed by atoms with Crippen molar-refractivity contribution in [1.29, 1.82) is 0 Å². The fourth-order valence-electron chi connectivity index (χ4n) is 1.53. The van der Waals surface area contributed by atoms with E-state index >= 15 is 0 Å². The smallest absolute Gasteiger partial charge is 0.156 e. The van der Waals surface area contributed by atoms with Crippen molar-refractivity contribution in [2.75, 3.05) is 0 Å². The zero-order valence-electron chi connectivity index (χ0n) is 8.95. The average Bonchev–Trinajstić information content (AvgIpc) is 2.47. The normalized spacial score (nSPS) is 10.7. The highest BCUT2D eigenvalue weighted by Crippen LogP contribution is 2.23. The first-order valence-electron chi connectivity index (χ1n) is 4.75. The lowest BCUT2D eigenvalue weighted by molar-refractivity contribution is 0.798. The van der Waals surface area contributed by atoms with Crippen LogP contribution in [0.5, 0.6) is 0 Å². The minimum atomic E-state index is 0.892. The Bertz CT molecular complexity index is 503. The lowest BCUT2D eigenvalue weighted by Gasteiger charge is -2.05. The lowest BCUT2D eigenvalue weighted by atomic mass is 10.3. The number of aryl methyl sites for hydroxylation is 2. The van der Waals surface area contributed by atoms with Gasteiger partial charge in [0.1, 0.15) is 0 Å². The van der Waals surface area contributed by atoms with E-state index in [-0.39, 0.29) is 0 Å². The van der Waals surface area contributed by atoms with E-state index in [9.17, 15) is 0 Å². The van der Waals surface area contributed by atoms with Gasteiger partial charge in [0, 0.05) is 6.20 Å². The van der Waals surface area contributed by atoms with Crippen LogP contribution in [0.2, 0.25) is 0 Å². The summed E-state index contributed by atoms with van der Waals surface area (Å²) in [5, 5.41) is 4.45. The van der Waals surface area contributed by atoms with Crippen molar-refractivity contribution in [3.63, 3.8) is 0 Å². The van der Waals surface area contributed by atoms with Crippen LogP contribution in [-0.4, -0.2) is 14.8 Å². The zero-order valence-corrected chi connectivity index (χ0v) is 10.5. The van der Waals surface area contributed by atoms with Gasteiger partial charge in [-0.3, -0.25) is 0 Å². The standard InChI is InChI=1S/C11H12BrN3/c1-7-5-4-6-13-11(7)15-9(3)10(12)8(2)14-15/h4-6H,1-3H3. The van der Waals surface area contributed by atoms with Crippen LogP contribution in [0.25, 0.3) is 5.82 Å². The number of pyridine rings is 1. The van der Waals surface area contributed by atoms with Gasteiger partial charge in [-0.05, 0) is 48.3 Å². The van der Waals surface area contributed by atoms with Gasteiger partial charge in [0.15, 0.2) is 5.82 Å². The third-order valence-electron chi connectivity index (χ3n) is 2.39. The second kappa shape index (κ2) is 3.77. The fourth-order valence-corrected chi connectivity index (χ4v) is 1.78. The molecule has 0 N–H and O–H groups in total. The number of hydrogen-bond donors (Lipinski definition) is 0. The predicted octanol–water partition coefficient (Wildman–Crippen LogP) is 2.96. The molecule has 0 spiro atoms. The molecule has 15 heavy (non-hydrogen) atoms. The van der Waals surface area contributed by atoms with E-state index in [4.69, 9.17) is 0 Å². The summed E-state index contributed by atoms with van der Waals surface area (Å²) in [7, 11) is 0. The molecule has 2 rings (SSSR count). The van der Waals surface area contributed by atoms with Crippen molar-refractivity contribution in [1.82, 2.24) is 14.8 Å². The lowest BCUT2D eigenvalue weighted by Crippen LogP contribution is -2.03. The van der Waals surface area contributed by atoms with Crippen LogP contribution < -0.4 is 0 Å². The summed E-state index contributed by atoms with van der Waals surface area (Å²) in [6, 6.07) is 3.96. The summed E-state index contributed by atoms with van der Waals surface area (Å²) in [4.78, 5) is 4.34. The number of hydrogen-bond acceptors (Lipinski definition) is 2. The van der Waals surface area contributed by atoms with E-state index in [1.54, 1.807) is 6.20 Å². The van der Waals surface area contributed by atoms with Crippen LogP contribution in [0.15, 0.2) is 22.8 Å². The van der Waals surface area contributed by atoms with Gasteiger partial charge in [-0.1, -0.05) is 6.07 Å². The molecule has 0 saturated heterocycles. The van der Waals surface area contributed by atoms with Crippen LogP contribution in [0.3, 0.4) is 0 Å². The quantitative estimate of drug-likeness (QED) is 0.794. The van der Waals surface area contributed by atoms with Gasteiger partial charge in [0.05, 0.1) is 15.9 Å². The molecule has 0 fully saturated rings. The molecule has 2 aromatic rings. The van der Waals surface area contributed by atoms with Crippen molar-refractivity contribution in [2.24, 2.45) is 0 Å². The molecule has 0 aromatic carbocycles. The Kier molecular flexibility index (Phi) is 2.61. The Morgan fingerprint density at radius 3 is 2.53 bits per heavy atom. The maximum absolute atomic E-state index is 4.45. The first-order valence-corrected chi connectivity index (χ1v) is 5.54. The van der Waals surface area contributed by atoms with Crippen molar-refractivity contribution in [2.45, 2.75) is 20.8 Å². The largest absolute Gasteiger partial charge is 0.237 e. The van der Waals surface area contributed by atoms with Crippen LogP contribution in [0, 0.1) is 20.8 Å². The van der Waals surface area contributed by atoms with E-state index < -0.39 is 0 Å². The summed E-state index contributed by atoms with van der Waals surface area (Å²) in [6.07, 6.45) is 1.78. The monoisotopic (exact) mass is 265 g/mol. The van der Waals surface area contributed by atoms with Gasteiger partial charge in [-0.25, -0.2) is 9.67 Å². The summed E-state index contributed by atoms with van der Waals surface area (Å²) in [6.45, 7) is 6.04. The van der Waals surface area contributed by atoms with Crippen molar-refractivity contribution >= 4 is 15.9 Å². The van der Waals surface area contributed by atoms with E-state index in [0.717, 1.165) is 27.2 Å². The number of rotatable bonds is 1. The fraction of sp³-hybridized carbons (Fsp3) is 0.273. The molecule has 0 aliphatic rings. The molecule has 0 radical (unpaired) electrons. The first-order chi connectivity index (χ1) is 7.11. The maximum atomic E-state index is 4.45. The van der Waals surface area contributed by atoms with Crippen LogP contribution >= 0.6 is 15.9 Å². The molecule has 0 amide bonds. The minimum Gasteiger partial charge on any atom is -0.237 e. The molecule has 0 aliphatic carbocycles. The molecule has 0 saturated carbocycles. The Morgan fingerprint density at radius 2 is 2.00 bits per heavy atom. The average molecular weight is 266 g/mol. The molecule has 2 aromatic heterocycles. The van der Waals surface area contributed by atoms with Gasteiger partial charge >= 0.3 is 0 Å². The van der Waals surface area contributed by atoms with Crippen molar-refractivity contribution < 1.29 is 0 Å². The Hall–Kier alpha value is -1.16. The molecule has 3 nitrogen and oxygen atoms in total. The molecule has 78 valence electrons. The number of halogens is 1. The van der Waals surface area contributed by atoms with Crippen molar-refractivity contribution in [3.05, 3.63) is 39.8 Å². The summed E-state index contributed by atoms with van der Waals surface area (Å²) < 4.78 is 2.92. The van der Waals surface area contributed by atoms with E-state index in [2.05, 4.69) is 26.0 Å². The minimum absolute atomic E-state index is 0.892. The van der Waals surface area contributed by atoms with E-state index in [0.29, 0.717) is 0 Å². The topological polar surface area (TPSA) is 30.7 Å². The molecular weight excluding hydrogens is 254 g/mol. The molecule has 0 unspecified atom stereocenters. The van der Waals surface area contributed by atoms with Gasteiger partial charge in [-0.2, -0.15) is 5.10 Å². The molecule has 0 bridgehead atoms. The van der Waals surface area contributed by atoms with E-state index in [1.807, 2.05) is 37.6 Å². The summed E-state index contributed by atoms with van der Waals surface area (Å²) in [5.74, 6) is 0.892. The van der Waals surface area contributed by atoms with Crippen molar-refractivity contribution in [3.8, 4) is 5.82 Å².